The van der Waals surface area contributed by atoms with Crippen LogP contribution in [0.25, 0.3) is 11.0 Å². The normalized spacial score (nSPS) is 13.1. The minimum absolute atomic E-state index is 0.521. The molecule has 1 aromatic heterocycles. The Kier molecular flexibility index (Phi) is 3.51. The van der Waals surface area contributed by atoms with Crippen LogP contribution < -0.4 is 9.64 Å². The fourth-order valence-corrected chi connectivity index (χ4v) is 4.15. The van der Waals surface area contributed by atoms with Gasteiger partial charge in [-0.15, -0.1) is 0 Å². The lowest BCUT2D eigenvalue weighted by molar-refractivity contribution is 0.311. The zero-order chi connectivity index (χ0) is 18.5. The summed E-state index contributed by atoms with van der Waals surface area (Å²) in [7, 11) is 0. The average molecular weight is 355 g/mol. The van der Waals surface area contributed by atoms with Gasteiger partial charge in [-0.25, -0.2) is 0 Å². The van der Waals surface area contributed by atoms with E-state index >= 15 is 0 Å². The fourth-order valence-electron chi connectivity index (χ4n) is 4.15. The van der Waals surface area contributed by atoms with Gasteiger partial charge in [0.2, 0.25) is 5.88 Å². The Morgan fingerprint density at radius 2 is 1.56 bits per heavy atom. The minimum atomic E-state index is 0.521. The molecule has 3 nitrogen and oxygen atoms in total. The molecule has 0 saturated heterocycles. The summed E-state index contributed by atoms with van der Waals surface area (Å²) in [5.74, 6) is 1.55. The first-order valence-corrected chi connectivity index (χ1v) is 9.23. The van der Waals surface area contributed by atoms with Crippen molar-refractivity contribution in [2.45, 2.75) is 27.4 Å². The molecule has 0 atom stereocenters. The summed E-state index contributed by atoms with van der Waals surface area (Å²) in [6.07, 6.45) is 0. The number of hydrogen-bond donors (Lipinski definition) is 0. The van der Waals surface area contributed by atoms with E-state index in [0.717, 1.165) is 39.5 Å². The largest absolute Gasteiger partial charge is 0.483 e. The Balaban J connectivity index is 1.87. The van der Waals surface area contributed by atoms with Crippen LogP contribution in [0.4, 0.5) is 17.3 Å². The predicted octanol–water partition coefficient (Wildman–Crippen LogP) is 6.72. The van der Waals surface area contributed by atoms with Gasteiger partial charge in [-0.1, -0.05) is 48.0 Å². The lowest BCUT2D eigenvalue weighted by atomic mass is 10.0. The van der Waals surface area contributed by atoms with Gasteiger partial charge in [-0.3, -0.25) is 4.90 Å². The molecule has 5 rings (SSSR count). The highest BCUT2D eigenvalue weighted by Crippen LogP contribution is 2.50. The molecule has 0 saturated carbocycles. The zero-order valence-electron chi connectivity index (χ0n) is 15.7. The molecule has 0 aliphatic carbocycles. The molecule has 1 aliphatic heterocycles. The molecule has 3 heteroatoms. The van der Waals surface area contributed by atoms with E-state index in [1.807, 2.05) is 18.2 Å². The van der Waals surface area contributed by atoms with Crippen molar-refractivity contribution in [2.75, 3.05) is 4.90 Å². The van der Waals surface area contributed by atoms with Crippen LogP contribution in [0.15, 0.2) is 65.1 Å². The van der Waals surface area contributed by atoms with Crippen molar-refractivity contribution in [3.63, 3.8) is 0 Å². The van der Waals surface area contributed by atoms with Gasteiger partial charge in [0.15, 0.2) is 5.75 Å². The van der Waals surface area contributed by atoms with E-state index in [-0.39, 0.29) is 0 Å². The van der Waals surface area contributed by atoms with Gasteiger partial charge >= 0.3 is 0 Å². The SMILES string of the molecule is Cc1cc(C)c(N2c3ccccc3COc3c2oc2ccccc32)c(C)c1. The van der Waals surface area contributed by atoms with E-state index in [1.165, 1.54) is 16.7 Å². The van der Waals surface area contributed by atoms with Crippen LogP contribution in [-0.2, 0) is 6.61 Å². The maximum absolute atomic E-state index is 6.34. The highest BCUT2D eigenvalue weighted by molar-refractivity contribution is 5.95. The number of fused-ring (bicyclic) bond motifs is 4. The van der Waals surface area contributed by atoms with Gasteiger partial charge in [0.25, 0.3) is 0 Å². The number of hydrogen-bond acceptors (Lipinski definition) is 3. The van der Waals surface area contributed by atoms with Crippen molar-refractivity contribution in [2.24, 2.45) is 0 Å². The molecular weight excluding hydrogens is 334 g/mol. The highest BCUT2D eigenvalue weighted by Gasteiger charge is 2.30. The number of para-hydroxylation sites is 2. The van der Waals surface area contributed by atoms with Crippen molar-refractivity contribution in [3.05, 3.63) is 82.9 Å². The van der Waals surface area contributed by atoms with Crippen LogP contribution in [0, 0.1) is 20.8 Å². The number of aryl methyl sites for hydroxylation is 3. The molecule has 2 heterocycles. The third-order valence-electron chi connectivity index (χ3n) is 5.20. The first-order valence-electron chi connectivity index (χ1n) is 9.23. The molecule has 4 aromatic rings. The second kappa shape index (κ2) is 5.92. The van der Waals surface area contributed by atoms with E-state index in [2.05, 4.69) is 68.1 Å². The Bertz CT molecular complexity index is 1150. The van der Waals surface area contributed by atoms with Crippen molar-refractivity contribution in [3.8, 4) is 5.75 Å². The average Bonchev–Trinajstić information content (AvgIpc) is 2.93. The third-order valence-corrected chi connectivity index (χ3v) is 5.20. The van der Waals surface area contributed by atoms with Crippen molar-refractivity contribution in [1.82, 2.24) is 0 Å². The lowest BCUT2D eigenvalue weighted by Gasteiger charge is -2.26. The zero-order valence-corrected chi connectivity index (χ0v) is 15.7. The first kappa shape index (κ1) is 16.0. The van der Waals surface area contributed by atoms with Crippen LogP contribution in [0.2, 0.25) is 0 Å². The van der Waals surface area contributed by atoms with Crippen LogP contribution in [0.5, 0.6) is 5.75 Å². The standard InChI is InChI=1S/C24H21NO2/c1-15-12-16(2)22(17(3)13-15)25-20-10-6-4-8-18(20)14-26-23-19-9-5-7-11-21(19)27-24(23)25/h4-13H,14H2,1-3H3. The fraction of sp³-hybridized carbons (Fsp3) is 0.167. The van der Waals surface area contributed by atoms with Crippen LogP contribution in [0.3, 0.4) is 0 Å². The molecule has 3 aromatic carbocycles. The quantitative estimate of drug-likeness (QED) is 0.379. The molecule has 0 amide bonds. The highest BCUT2D eigenvalue weighted by atomic mass is 16.5. The summed E-state index contributed by atoms with van der Waals surface area (Å²) < 4.78 is 12.6. The summed E-state index contributed by atoms with van der Waals surface area (Å²) in [4.78, 5) is 2.22. The summed E-state index contributed by atoms with van der Waals surface area (Å²) in [5, 5.41) is 1.01. The lowest BCUT2D eigenvalue weighted by Crippen LogP contribution is -2.13. The minimum Gasteiger partial charge on any atom is -0.483 e. The molecule has 0 unspecified atom stereocenters. The number of nitrogens with zero attached hydrogens (tertiary/aromatic N) is 1. The maximum atomic E-state index is 6.34. The third kappa shape index (κ3) is 2.42. The van der Waals surface area contributed by atoms with Crippen LogP contribution in [0.1, 0.15) is 22.3 Å². The molecular formula is C24H21NO2. The van der Waals surface area contributed by atoms with Gasteiger partial charge in [0, 0.05) is 5.56 Å². The van der Waals surface area contributed by atoms with E-state index < -0.39 is 0 Å². The Labute approximate surface area is 158 Å². The smallest absolute Gasteiger partial charge is 0.248 e. The van der Waals surface area contributed by atoms with Crippen molar-refractivity contribution >= 4 is 28.2 Å². The van der Waals surface area contributed by atoms with Crippen LogP contribution >= 0.6 is 0 Å². The van der Waals surface area contributed by atoms with Gasteiger partial charge in [0.1, 0.15) is 12.2 Å². The predicted molar refractivity (Wildman–Crippen MR) is 109 cm³/mol. The van der Waals surface area contributed by atoms with Crippen LogP contribution in [-0.4, -0.2) is 0 Å². The molecule has 0 spiro atoms. The van der Waals surface area contributed by atoms with E-state index in [1.54, 1.807) is 0 Å². The Morgan fingerprint density at radius 1 is 0.852 bits per heavy atom. The molecule has 27 heavy (non-hydrogen) atoms. The molecule has 0 bridgehead atoms. The molecule has 134 valence electrons. The second-order valence-electron chi connectivity index (χ2n) is 7.23. The van der Waals surface area contributed by atoms with E-state index in [4.69, 9.17) is 9.15 Å². The topological polar surface area (TPSA) is 25.6 Å². The van der Waals surface area contributed by atoms with Crippen molar-refractivity contribution in [1.29, 1.82) is 0 Å². The Morgan fingerprint density at radius 3 is 2.37 bits per heavy atom. The monoisotopic (exact) mass is 355 g/mol. The molecule has 0 radical (unpaired) electrons. The number of anilines is 3. The van der Waals surface area contributed by atoms with E-state index in [0.29, 0.717) is 6.61 Å². The van der Waals surface area contributed by atoms with Gasteiger partial charge in [-0.2, -0.15) is 0 Å². The first-order chi connectivity index (χ1) is 13.1. The van der Waals surface area contributed by atoms with Gasteiger partial charge in [0.05, 0.1) is 16.8 Å². The number of furan rings is 1. The summed E-state index contributed by atoms with van der Waals surface area (Å²) >= 11 is 0. The molecule has 1 aliphatic rings. The van der Waals surface area contributed by atoms with Gasteiger partial charge in [-0.05, 0) is 50.1 Å². The second-order valence-corrected chi connectivity index (χ2v) is 7.23. The summed E-state index contributed by atoms with van der Waals surface area (Å²) in [6, 6.07) is 20.9. The number of benzene rings is 3. The Hall–Kier alpha value is -3.20. The molecule has 0 fully saturated rings. The number of rotatable bonds is 1. The summed E-state index contributed by atoms with van der Waals surface area (Å²) in [5.41, 5.74) is 7.94. The number of ether oxygens (including phenoxy) is 1. The van der Waals surface area contributed by atoms with E-state index in [9.17, 15) is 0 Å². The van der Waals surface area contributed by atoms with Gasteiger partial charge < -0.3 is 9.15 Å². The molecule has 0 N–H and O–H groups in total. The summed E-state index contributed by atoms with van der Waals surface area (Å²) in [6.45, 7) is 6.97. The maximum Gasteiger partial charge on any atom is 0.248 e. The van der Waals surface area contributed by atoms with Crippen molar-refractivity contribution < 1.29 is 9.15 Å².